The summed E-state index contributed by atoms with van der Waals surface area (Å²) in [5.74, 6) is 0. The Morgan fingerprint density at radius 2 is 0.135 bits per heavy atom. The van der Waals surface area contributed by atoms with Crippen LogP contribution in [0, 0.1) is 93.8 Å². The van der Waals surface area contributed by atoms with Crippen LogP contribution in [0.15, 0.2) is 0 Å². The molecule has 2 radical (unpaired) electrons. The van der Waals surface area contributed by atoms with Crippen molar-refractivity contribution in [2.75, 3.05) is 0 Å². The molecule has 0 fully saturated rings. The molecule has 0 aliphatic heterocycles. The van der Waals surface area contributed by atoms with Gasteiger partial charge in [0.1, 0.15) is 0 Å². The van der Waals surface area contributed by atoms with Crippen LogP contribution < -0.4 is 28.8 Å². The van der Waals surface area contributed by atoms with E-state index in [-0.39, 0.29) is 93.8 Å². The van der Waals surface area contributed by atoms with Gasteiger partial charge in [-0.25, -0.2) is 0 Å². The van der Waals surface area contributed by atoms with Gasteiger partial charge in [0.2, 0.25) is 0 Å². The monoisotopic (exact) mass is 1930 g/mol. The standard InChI is InChI=1S/6C12H27O4Si.2Yb/c6*1-10(2,3)14-17(13,15-11(4,5)6)16-12(7,8)9;;/h6*1-9H3;;/q6*-1;2*+3. The summed E-state index contributed by atoms with van der Waals surface area (Å²) in [6.45, 7) is 98.5. The number of hydrogen-bond donors (Lipinski definition) is 0. The zero-order chi connectivity index (χ0) is 84.7. The molecule has 0 aliphatic rings. The van der Waals surface area contributed by atoms with Gasteiger partial charge in [-0.2, -0.15) is 0 Å². The molecule has 646 valence electrons. The van der Waals surface area contributed by atoms with Crippen LogP contribution in [-0.4, -0.2) is 155 Å². The molecule has 24 nitrogen and oxygen atoms in total. The van der Waals surface area contributed by atoms with E-state index in [2.05, 4.69) is 0 Å². The topological polar surface area (TPSA) is 304 Å². The molecule has 0 aliphatic carbocycles. The molecule has 0 amide bonds. The fourth-order valence-corrected chi connectivity index (χ4v) is 21.4. The molecule has 0 aromatic carbocycles. The van der Waals surface area contributed by atoms with Crippen molar-refractivity contribution in [3.8, 4) is 0 Å². The van der Waals surface area contributed by atoms with Gasteiger partial charge in [-0.05, 0) is 374 Å². The Hall–Kier alpha value is 3.38. The average molecular weight is 1930 g/mol. The number of hydrogen-bond acceptors (Lipinski definition) is 24. The molecule has 0 spiro atoms. The van der Waals surface area contributed by atoms with E-state index in [1.165, 1.54) is 0 Å². The van der Waals surface area contributed by atoms with Gasteiger partial charge in [0, 0.05) is 0 Å². The molecule has 104 heavy (non-hydrogen) atoms. The van der Waals surface area contributed by atoms with Gasteiger partial charge in [0.25, 0.3) is 0 Å². The Morgan fingerprint density at radius 3 is 0.154 bits per heavy atom. The minimum atomic E-state index is -3.91. The van der Waals surface area contributed by atoms with E-state index in [1.807, 2.05) is 374 Å². The SMILES string of the molecule is CC(C)(C)O[Si]([O-])(OC(C)(C)C)OC(C)(C)C.CC(C)(C)O[Si]([O-])(OC(C)(C)C)OC(C)(C)C.CC(C)(C)O[Si]([O-])(OC(C)(C)C)OC(C)(C)C.CC(C)(C)O[Si]([O-])(OC(C)(C)C)OC(C)(C)C.CC(C)(C)O[Si]([O-])(OC(C)(C)C)OC(C)(C)C.CC(C)(C)O[Si]([O-])(OC(C)(C)C)OC(C)(C)C.[Yb+3].[Yb+3]. The average Bonchev–Trinajstić information content (AvgIpc) is 3.03. The van der Waals surface area contributed by atoms with Crippen molar-refractivity contribution in [2.24, 2.45) is 0 Å². The molecule has 0 unspecified atom stereocenters. The van der Waals surface area contributed by atoms with Crippen molar-refractivity contribution in [2.45, 2.75) is 475 Å². The van der Waals surface area contributed by atoms with Crippen molar-refractivity contribution in [3.63, 3.8) is 0 Å². The molecular weight excluding hydrogens is 1760 g/mol. The van der Waals surface area contributed by atoms with E-state index < -0.39 is 155 Å². The summed E-state index contributed by atoms with van der Waals surface area (Å²) >= 11 is 0. The van der Waals surface area contributed by atoms with E-state index in [0.29, 0.717) is 0 Å². The maximum absolute atomic E-state index is 12.6. The summed E-state index contributed by atoms with van der Waals surface area (Å²) in [7, 11) is -23.4. The van der Waals surface area contributed by atoms with Gasteiger partial charge >= 0.3 is 148 Å². The van der Waals surface area contributed by atoms with Gasteiger partial charge in [0.05, 0.1) is 101 Å². The van der Waals surface area contributed by atoms with Gasteiger partial charge < -0.3 is 108 Å². The third kappa shape index (κ3) is 92.6. The quantitative estimate of drug-likeness (QED) is 0.115. The summed E-state index contributed by atoms with van der Waals surface area (Å²) in [6.07, 6.45) is 0. The van der Waals surface area contributed by atoms with Gasteiger partial charge in [0.15, 0.2) is 0 Å². The first-order valence-electron chi connectivity index (χ1n) is 35.6. The summed E-state index contributed by atoms with van der Waals surface area (Å²) in [4.78, 5) is 75.7. The normalized spacial score (nSPS) is 14.9. The minimum absolute atomic E-state index is 0. The summed E-state index contributed by atoms with van der Waals surface area (Å²) < 4.78 is 99.3. The van der Waals surface area contributed by atoms with Crippen molar-refractivity contribution >= 4 is 54.3 Å². The van der Waals surface area contributed by atoms with Crippen LogP contribution in [0.25, 0.3) is 0 Å². The Balaban J connectivity index is -0.000000177. The maximum Gasteiger partial charge on any atom is 3.00 e. The molecule has 0 aromatic rings. The summed E-state index contributed by atoms with van der Waals surface area (Å²) in [5, 5.41) is 0. The van der Waals surface area contributed by atoms with Gasteiger partial charge in [-0.3, -0.25) is 0 Å². The van der Waals surface area contributed by atoms with Crippen LogP contribution >= 0.6 is 0 Å². The Kier molecular flexibility index (Phi) is 51.1. The van der Waals surface area contributed by atoms with Gasteiger partial charge in [-0.1, -0.05) is 0 Å². The predicted molar refractivity (Wildman–Crippen MR) is 410 cm³/mol. The Morgan fingerprint density at radius 1 is 0.106 bits per heavy atom. The first kappa shape index (κ1) is 123. The molecular formula is C72H162O24Si6Yb2. The first-order valence-corrected chi connectivity index (χ1v) is 45.4. The zero-order valence-corrected chi connectivity index (χ0v) is 85.8. The second-order valence-electron chi connectivity index (χ2n) is 42.9. The first-order chi connectivity index (χ1) is 42.7. The fourth-order valence-electron chi connectivity index (χ4n) is 7.13. The number of rotatable bonds is 18. The van der Waals surface area contributed by atoms with E-state index in [9.17, 15) is 28.8 Å². The smallest absolute Gasteiger partial charge is 0.793 e. The molecule has 0 N–H and O–H groups in total. The second-order valence-corrected chi connectivity index (χ2v) is 52.5. The molecule has 0 bridgehead atoms. The van der Waals surface area contributed by atoms with Crippen LogP contribution in [0.4, 0.5) is 0 Å². The van der Waals surface area contributed by atoms with Crippen LogP contribution in [0.3, 0.4) is 0 Å². The third-order valence-corrected chi connectivity index (χ3v) is 23.3. The van der Waals surface area contributed by atoms with Crippen molar-refractivity contribution in [1.82, 2.24) is 0 Å². The Labute approximate surface area is 723 Å². The van der Waals surface area contributed by atoms with Crippen molar-refractivity contribution in [1.29, 1.82) is 0 Å². The second kappa shape index (κ2) is 43.2. The van der Waals surface area contributed by atoms with E-state index in [1.54, 1.807) is 0 Å². The zero-order valence-electron chi connectivity index (χ0n) is 76.3. The third-order valence-electron chi connectivity index (χ3n) is 7.76. The van der Waals surface area contributed by atoms with Crippen molar-refractivity contribution in [3.05, 3.63) is 0 Å². The molecule has 0 saturated heterocycles. The van der Waals surface area contributed by atoms with Gasteiger partial charge in [-0.15, -0.1) is 0 Å². The predicted octanol–water partition coefficient (Wildman–Crippen LogP) is 13.4. The Bertz CT molecular complexity index is 1660. The van der Waals surface area contributed by atoms with Crippen LogP contribution in [0.1, 0.15) is 374 Å². The minimum Gasteiger partial charge on any atom is -0.793 e. The summed E-state index contributed by atoms with van der Waals surface area (Å²) in [5.41, 5.74) is -10.4. The van der Waals surface area contributed by atoms with E-state index >= 15 is 0 Å². The molecule has 0 rings (SSSR count). The molecule has 0 saturated carbocycles. The van der Waals surface area contributed by atoms with Crippen LogP contribution in [0.5, 0.6) is 0 Å². The van der Waals surface area contributed by atoms with Crippen LogP contribution in [0.2, 0.25) is 0 Å². The van der Waals surface area contributed by atoms with Crippen molar-refractivity contribution < 1.29 is 202 Å². The molecule has 0 aromatic heterocycles. The van der Waals surface area contributed by atoms with E-state index in [4.69, 9.17) is 79.7 Å². The van der Waals surface area contributed by atoms with E-state index in [0.717, 1.165) is 0 Å². The van der Waals surface area contributed by atoms with Crippen LogP contribution in [-0.2, 0) is 79.7 Å². The summed E-state index contributed by atoms with van der Waals surface area (Å²) in [6, 6.07) is 0. The maximum atomic E-state index is 12.6. The molecule has 0 atom stereocenters. The molecule has 0 heterocycles. The fraction of sp³-hybridized carbons (Fsp3) is 1.00. The molecule has 32 heteroatoms. The largest absolute Gasteiger partial charge is 3.00 e.